The van der Waals surface area contributed by atoms with Crippen LogP contribution in [0.1, 0.15) is 46.5 Å². The fraction of sp³-hybridized carbons (Fsp3) is 0.909. The molecule has 0 aromatic rings. The predicted octanol–water partition coefficient (Wildman–Crippen LogP) is 1.88. The van der Waals surface area contributed by atoms with Crippen LogP contribution in [0.25, 0.3) is 0 Å². The van der Waals surface area contributed by atoms with Gasteiger partial charge in [-0.15, -0.1) is 0 Å². The van der Waals surface area contributed by atoms with Gasteiger partial charge in [-0.1, -0.05) is 20.3 Å². The van der Waals surface area contributed by atoms with E-state index in [1.54, 1.807) is 0 Å². The Kier molecular flexibility index (Phi) is 4.23. The van der Waals surface area contributed by atoms with E-state index in [0.717, 1.165) is 12.3 Å². The highest BCUT2D eigenvalue weighted by Crippen LogP contribution is 2.23. The first kappa shape index (κ1) is 11.3. The average Bonchev–Trinajstić information content (AvgIpc) is 2.87. The fourth-order valence-corrected chi connectivity index (χ4v) is 1.52. The van der Waals surface area contributed by atoms with E-state index >= 15 is 0 Å². The van der Waals surface area contributed by atoms with Crippen molar-refractivity contribution in [3.05, 3.63) is 0 Å². The first-order chi connectivity index (χ1) is 6.61. The monoisotopic (exact) mass is 197 g/mol. The highest BCUT2D eigenvalue weighted by Gasteiger charge is 2.20. The Balaban J connectivity index is 2.21. The van der Waals surface area contributed by atoms with E-state index in [2.05, 4.69) is 31.1 Å². The molecule has 1 fully saturated rings. The van der Waals surface area contributed by atoms with Crippen LogP contribution < -0.4 is 11.1 Å². The second-order valence-electron chi connectivity index (χ2n) is 4.54. The minimum atomic E-state index is 0.437. The van der Waals surface area contributed by atoms with E-state index in [9.17, 15) is 0 Å². The second-order valence-corrected chi connectivity index (χ2v) is 4.54. The number of nitrogens with two attached hydrogens (primary N) is 1. The molecule has 82 valence electrons. The highest BCUT2D eigenvalue weighted by atomic mass is 15.1. The summed E-state index contributed by atoms with van der Waals surface area (Å²) in [6, 6.07) is 0.950. The summed E-state index contributed by atoms with van der Waals surface area (Å²) >= 11 is 0. The van der Waals surface area contributed by atoms with Gasteiger partial charge in [0.25, 0.3) is 0 Å². The van der Waals surface area contributed by atoms with E-state index in [1.165, 1.54) is 19.3 Å². The number of nitrogens with one attached hydrogen (secondary N) is 1. The van der Waals surface area contributed by atoms with Gasteiger partial charge in [-0.2, -0.15) is 0 Å². The van der Waals surface area contributed by atoms with Crippen LogP contribution in [0.3, 0.4) is 0 Å². The lowest BCUT2D eigenvalue weighted by atomic mass is 10.0. The van der Waals surface area contributed by atoms with E-state index in [0.29, 0.717) is 18.0 Å². The second kappa shape index (κ2) is 5.23. The first-order valence-corrected chi connectivity index (χ1v) is 5.71. The van der Waals surface area contributed by atoms with Crippen molar-refractivity contribution < 1.29 is 0 Å². The molecule has 1 aliphatic rings. The third-order valence-electron chi connectivity index (χ3n) is 2.72. The van der Waals surface area contributed by atoms with Crippen molar-refractivity contribution in [1.82, 2.24) is 5.32 Å². The zero-order valence-corrected chi connectivity index (χ0v) is 9.59. The zero-order chi connectivity index (χ0) is 10.6. The summed E-state index contributed by atoms with van der Waals surface area (Å²) in [4.78, 5) is 4.34. The smallest absolute Gasteiger partial charge is 0.189 e. The van der Waals surface area contributed by atoms with Crippen LogP contribution in [-0.4, -0.2) is 18.0 Å². The molecule has 0 radical (unpaired) electrons. The minimum absolute atomic E-state index is 0.437. The van der Waals surface area contributed by atoms with Crippen molar-refractivity contribution in [2.45, 2.75) is 58.5 Å². The average molecular weight is 197 g/mol. The third kappa shape index (κ3) is 4.49. The molecule has 0 aromatic heterocycles. The molecule has 0 spiro atoms. The summed E-state index contributed by atoms with van der Waals surface area (Å²) in [6.45, 7) is 6.66. The van der Waals surface area contributed by atoms with Gasteiger partial charge in [-0.25, -0.2) is 0 Å². The van der Waals surface area contributed by atoms with E-state index in [4.69, 9.17) is 5.73 Å². The van der Waals surface area contributed by atoms with Gasteiger partial charge in [-0.05, 0) is 32.1 Å². The zero-order valence-electron chi connectivity index (χ0n) is 9.59. The maximum atomic E-state index is 5.77. The van der Waals surface area contributed by atoms with Gasteiger partial charge < -0.3 is 11.1 Å². The number of nitrogens with zero attached hydrogens (tertiary/aromatic N) is 1. The molecule has 1 rings (SSSR count). The summed E-state index contributed by atoms with van der Waals surface area (Å²) in [6.07, 6.45) is 4.81. The number of guanidine groups is 1. The lowest BCUT2D eigenvalue weighted by molar-refractivity contribution is 0.447. The molecule has 2 unspecified atom stereocenters. The molecule has 3 N–H and O–H groups in total. The Morgan fingerprint density at radius 2 is 2.14 bits per heavy atom. The Labute approximate surface area is 87.2 Å². The summed E-state index contributed by atoms with van der Waals surface area (Å²) < 4.78 is 0. The summed E-state index contributed by atoms with van der Waals surface area (Å²) in [5.74, 6) is 1.38. The highest BCUT2D eigenvalue weighted by molar-refractivity contribution is 5.78. The topological polar surface area (TPSA) is 50.4 Å². The van der Waals surface area contributed by atoms with Gasteiger partial charge >= 0.3 is 0 Å². The number of aliphatic imine (C=N–C) groups is 1. The van der Waals surface area contributed by atoms with E-state index < -0.39 is 0 Å². The van der Waals surface area contributed by atoms with Gasteiger partial charge in [0.2, 0.25) is 0 Å². The lowest BCUT2D eigenvalue weighted by Gasteiger charge is -2.17. The molecule has 0 aromatic carbocycles. The normalized spacial score (nSPS) is 21.8. The van der Waals surface area contributed by atoms with Crippen molar-refractivity contribution in [2.24, 2.45) is 16.6 Å². The number of hydrogen-bond acceptors (Lipinski definition) is 1. The van der Waals surface area contributed by atoms with E-state index in [1.807, 2.05) is 0 Å². The largest absolute Gasteiger partial charge is 0.370 e. The molecule has 3 heteroatoms. The Bertz CT molecular complexity index is 197. The fourth-order valence-electron chi connectivity index (χ4n) is 1.52. The maximum Gasteiger partial charge on any atom is 0.189 e. The van der Waals surface area contributed by atoms with Gasteiger partial charge in [0.15, 0.2) is 5.96 Å². The third-order valence-corrected chi connectivity index (χ3v) is 2.72. The molecular weight excluding hydrogens is 174 g/mol. The van der Waals surface area contributed by atoms with Gasteiger partial charge in [0.1, 0.15) is 0 Å². The lowest BCUT2D eigenvalue weighted by Crippen LogP contribution is -2.39. The molecular formula is C11H23N3. The first-order valence-electron chi connectivity index (χ1n) is 5.71. The van der Waals surface area contributed by atoms with Gasteiger partial charge in [0, 0.05) is 6.04 Å². The number of hydrogen-bond donors (Lipinski definition) is 2. The van der Waals surface area contributed by atoms with Crippen molar-refractivity contribution in [3.8, 4) is 0 Å². The van der Waals surface area contributed by atoms with Crippen LogP contribution in [-0.2, 0) is 0 Å². The van der Waals surface area contributed by atoms with Crippen molar-refractivity contribution in [1.29, 1.82) is 0 Å². The standard InChI is InChI=1S/C11H23N3/c1-4-8(2)7-9(3)13-11(12)14-10-5-6-10/h8-10H,4-7H2,1-3H3,(H3,12,13,14). The van der Waals surface area contributed by atoms with Crippen LogP contribution >= 0.6 is 0 Å². The minimum Gasteiger partial charge on any atom is -0.370 e. The maximum absolute atomic E-state index is 5.77. The van der Waals surface area contributed by atoms with Crippen molar-refractivity contribution >= 4 is 5.96 Å². The SMILES string of the molecule is CCC(C)CC(C)NC(N)=NC1CC1. The molecule has 2 atom stereocenters. The van der Waals surface area contributed by atoms with Crippen molar-refractivity contribution in [2.75, 3.05) is 0 Å². The van der Waals surface area contributed by atoms with Crippen LogP contribution in [0, 0.1) is 5.92 Å². The van der Waals surface area contributed by atoms with Gasteiger partial charge in [0.05, 0.1) is 6.04 Å². The summed E-state index contributed by atoms with van der Waals surface area (Å²) in [5, 5.41) is 3.24. The Hall–Kier alpha value is -0.730. The summed E-state index contributed by atoms with van der Waals surface area (Å²) in [7, 11) is 0. The molecule has 0 aliphatic heterocycles. The molecule has 0 heterocycles. The van der Waals surface area contributed by atoms with E-state index in [-0.39, 0.29) is 0 Å². The molecule has 0 amide bonds. The predicted molar refractivity (Wildman–Crippen MR) is 61.3 cm³/mol. The number of rotatable bonds is 5. The van der Waals surface area contributed by atoms with Crippen LogP contribution in [0.4, 0.5) is 0 Å². The van der Waals surface area contributed by atoms with Gasteiger partial charge in [-0.3, -0.25) is 4.99 Å². The molecule has 1 aliphatic carbocycles. The van der Waals surface area contributed by atoms with Crippen LogP contribution in [0.5, 0.6) is 0 Å². The summed E-state index contributed by atoms with van der Waals surface area (Å²) in [5.41, 5.74) is 5.77. The Morgan fingerprint density at radius 1 is 1.50 bits per heavy atom. The molecule has 1 saturated carbocycles. The molecule has 14 heavy (non-hydrogen) atoms. The quantitative estimate of drug-likeness (QED) is 0.522. The molecule has 0 bridgehead atoms. The molecule has 3 nitrogen and oxygen atoms in total. The molecule has 0 saturated heterocycles. The van der Waals surface area contributed by atoms with Crippen LogP contribution in [0.2, 0.25) is 0 Å². The Morgan fingerprint density at radius 3 is 2.64 bits per heavy atom. The van der Waals surface area contributed by atoms with Crippen molar-refractivity contribution in [3.63, 3.8) is 0 Å². The van der Waals surface area contributed by atoms with Crippen LogP contribution in [0.15, 0.2) is 4.99 Å².